The molecule has 3 aromatic heterocycles. The Morgan fingerprint density at radius 2 is 2.13 bits per heavy atom. The molecule has 3 rings (SSSR count). The summed E-state index contributed by atoms with van der Waals surface area (Å²) in [6, 6.07) is 5.38. The van der Waals surface area contributed by atoms with E-state index >= 15 is 0 Å². The lowest BCUT2D eigenvalue weighted by Gasteiger charge is -2.03. The standard InChI is InChI=1S/C14H14N6O2S/c1-9-7-11(19-22-9)16-12(21)8-23-14-18-17-13(20(14)2)10-3-5-15-6-4-10/h3-7H,8H2,1-2H3,(H,16,19,21). The van der Waals surface area contributed by atoms with Gasteiger partial charge in [-0.25, -0.2) is 0 Å². The first-order valence-electron chi connectivity index (χ1n) is 6.79. The van der Waals surface area contributed by atoms with Crippen molar-refractivity contribution in [2.24, 2.45) is 7.05 Å². The predicted molar refractivity (Wildman–Crippen MR) is 84.8 cm³/mol. The number of carbonyl (C=O) groups is 1. The molecule has 1 amide bonds. The van der Waals surface area contributed by atoms with Gasteiger partial charge in [-0.1, -0.05) is 16.9 Å². The van der Waals surface area contributed by atoms with Crippen LogP contribution in [0.15, 0.2) is 40.3 Å². The van der Waals surface area contributed by atoms with Gasteiger partial charge < -0.3 is 14.4 Å². The minimum atomic E-state index is -0.184. The van der Waals surface area contributed by atoms with Gasteiger partial charge in [0.2, 0.25) is 5.91 Å². The second kappa shape index (κ2) is 6.61. The molecule has 0 bridgehead atoms. The number of amides is 1. The molecule has 23 heavy (non-hydrogen) atoms. The van der Waals surface area contributed by atoms with Crippen LogP contribution >= 0.6 is 11.8 Å². The molecule has 3 aromatic rings. The highest BCUT2D eigenvalue weighted by molar-refractivity contribution is 7.99. The van der Waals surface area contributed by atoms with Gasteiger partial charge in [0.25, 0.3) is 0 Å². The van der Waals surface area contributed by atoms with Crippen LogP contribution < -0.4 is 5.32 Å². The van der Waals surface area contributed by atoms with E-state index in [0.29, 0.717) is 16.7 Å². The van der Waals surface area contributed by atoms with Crippen LogP contribution in [-0.4, -0.2) is 36.6 Å². The van der Waals surface area contributed by atoms with Crippen LogP contribution in [0.2, 0.25) is 0 Å². The lowest BCUT2D eigenvalue weighted by atomic mass is 10.2. The number of carbonyl (C=O) groups excluding carboxylic acids is 1. The van der Waals surface area contributed by atoms with Gasteiger partial charge in [0.05, 0.1) is 5.75 Å². The summed E-state index contributed by atoms with van der Waals surface area (Å²) in [7, 11) is 1.86. The SMILES string of the molecule is Cc1cc(NC(=O)CSc2nnc(-c3ccncc3)n2C)no1. The second-order valence-corrected chi connectivity index (χ2v) is 5.70. The lowest BCUT2D eigenvalue weighted by Crippen LogP contribution is -2.14. The summed E-state index contributed by atoms with van der Waals surface area (Å²) in [6.07, 6.45) is 3.40. The summed E-state index contributed by atoms with van der Waals surface area (Å²) >= 11 is 1.30. The van der Waals surface area contributed by atoms with E-state index in [-0.39, 0.29) is 11.7 Å². The van der Waals surface area contributed by atoms with E-state index in [0.717, 1.165) is 11.4 Å². The van der Waals surface area contributed by atoms with Crippen molar-refractivity contribution in [3.05, 3.63) is 36.4 Å². The predicted octanol–water partition coefficient (Wildman–Crippen LogP) is 1.90. The average molecular weight is 330 g/mol. The van der Waals surface area contributed by atoms with E-state index in [1.165, 1.54) is 11.8 Å². The van der Waals surface area contributed by atoms with Crippen LogP contribution in [0.25, 0.3) is 11.4 Å². The summed E-state index contributed by atoms with van der Waals surface area (Å²) in [5.41, 5.74) is 0.921. The fraction of sp³-hybridized carbons (Fsp3) is 0.214. The first-order valence-corrected chi connectivity index (χ1v) is 7.78. The molecular weight excluding hydrogens is 316 g/mol. The Hall–Kier alpha value is -2.68. The minimum absolute atomic E-state index is 0.184. The molecule has 9 heteroatoms. The Balaban J connectivity index is 1.63. The van der Waals surface area contributed by atoms with E-state index in [2.05, 4.69) is 25.7 Å². The van der Waals surface area contributed by atoms with E-state index in [1.54, 1.807) is 25.4 Å². The number of hydrogen-bond donors (Lipinski definition) is 1. The molecule has 0 atom stereocenters. The van der Waals surface area contributed by atoms with Crippen LogP contribution in [0.4, 0.5) is 5.82 Å². The Kier molecular flexibility index (Phi) is 4.38. The van der Waals surface area contributed by atoms with Gasteiger partial charge in [0, 0.05) is 31.1 Å². The Morgan fingerprint density at radius 1 is 1.35 bits per heavy atom. The van der Waals surface area contributed by atoms with E-state index < -0.39 is 0 Å². The summed E-state index contributed by atoms with van der Waals surface area (Å²) in [5, 5.41) is 15.3. The van der Waals surface area contributed by atoms with Crippen LogP contribution in [0, 0.1) is 6.92 Å². The molecule has 1 N–H and O–H groups in total. The fourth-order valence-corrected chi connectivity index (χ4v) is 2.64. The molecule has 8 nitrogen and oxygen atoms in total. The molecule has 3 heterocycles. The van der Waals surface area contributed by atoms with Gasteiger partial charge in [-0.2, -0.15) is 0 Å². The molecule has 0 unspecified atom stereocenters. The largest absolute Gasteiger partial charge is 0.360 e. The number of nitrogens with one attached hydrogen (secondary N) is 1. The van der Waals surface area contributed by atoms with Crippen LogP contribution in [0.5, 0.6) is 0 Å². The molecule has 0 aromatic carbocycles. The maximum absolute atomic E-state index is 11.9. The van der Waals surface area contributed by atoms with E-state index in [4.69, 9.17) is 4.52 Å². The Bertz CT molecular complexity index is 814. The third kappa shape index (κ3) is 3.57. The molecule has 0 aliphatic rings. The smallest absolute Gasteiger partial charge is 0.236 e. The molecule has 0 saturated heterocycles. The van der Waals surface area contributed by atoms with Crippen molar-refractivity contribution in [2.45, 2.75) is 12.1 Å². The van der Waals surface area contributed by atoms with Gasteiger partial charge in [-0.15, -0.1) is 10.2 Å². The number of hydrogen-bond acceptors (Lipinski definition) is 7. The highest BCUT2D eigenvalue weighted by Gasteiger charge is 2.13. The number of rotatable bonds is 5. The van der Waals surface area contributed by atoms with Gasteiger partial charge in [-0.05, 0) is 19.1 Å². The number of aromatic nitrogens is 5. The number of aryl methyl sites for hydroxylation is 1. The second-order valence-electron chi connectivity index (χ2n) is 4.76. The monoisotopic (exact) mass is 330 g/mol. The highest BCUT2D eigenvalue weighted by atomic mass is 32.2. The topological polar surface area (TPSA) is 98.7 Å². The van der Waals surface area contributed by atoms with E-state index in [9.17, 15) is 4.79 Å². The van der Waals surface area contributed by atoms with Crippen molar-refractivity contribution in [1.82, 2.24) is 24.9 Å². The average Bonchev–Trinajstić information content (AvgIpc) is 3.12. The zero-order valence-electron chi connectivity index (χ0n) is 12.6. The van der Waals surface area contributed by atoms with Crippen molar-refractivity contribution < 1.29 is 9.32 Å². The molecular formula is C14H14N6O2S. The number of pyridine rings is 1. The van der Waals surface area contributed by atoms with Gasteiger partial charge in [0.1, 0.15) is 5.76 Å². The number of thioether (sulfide) groups is 1. The van der Waals surface area contributed by atoms with Crippen LogP contribution in [-0.2, 0) is 11.8 Å². The zero-order valence-corrected chi connectivity index (χ0v) is 13.4. The molecule has 0 saturated carbocycles. The molecule has 0 fully saturated rings. The zero-order chi connectivity index (χ0) is 16.2. The van der Waals surface area contributed by atoms with Crippen LogP contribution in [0.1, 0.15) is 5.76 Å². The Morgan fingerprint density at radius 3 is 2.83 bits per heavy atom. The van der Waals surface area contributed by atoms with Gasteiger partial charge >= 0.3 is 0 Å². The first-order chi connectivity index (χ1) is 11.1. The maximum atomic E-state index is 11.9. The molecule has 0 spiro atoms. The van der Waals surface area contributed by atoms with Crippen molar-refractivity contribution in [3.63, 3.8) is 0 Å². The van der Waals surface area contributed by atoms with Crippen molar-refractivity contribution in [1.29, 1.82) is 0 Å². The van der Waals surface area contributed by atoms with E-state index in [1.807, 2.05) is 23.7 Å². The fourth-order valence-electron chi connectivity index (χ4n) is 1.93. The molecule has 118 valence electrons. The van der Waals surface area contributed by atoms with Gasteiger partial charge in [0.15, 0.2) is 16.8 Å². The van der Waals surface area contributed by atoms with Crippen molar-refractivity contribution in [2.75, 3.05) is 11.1 Å². The summed E-state index contributed by atoms with van der Waals surface area (Å²) in [5.74, 6) is 1.79. The summed E-state index contributed by atoms with van der Waals surface area (Å²) in [4.78, 5) is 15.9. The minimum Gasteiger partial charge on any atom is -0.360 e. The summed E-state index contributed by atoms with van der Waals surface area (Å²) in [6.45, 7) is 1.76. The summed E-state index contributed by atoms with van der Waals surface area (Å²) < 4.78 is 6.74. The normalized spacial score (nSPS) is 10.7. The van der Waals surface area contributed by atoms with Crippen LogP contribution in [0.3, 0.4) is 0 Å². The number of anilines is 1. The molecule has 0 aliphatic heterocycles. The maximum Gasteiger partial charge on any atom is 0.236 e. The van der Waals surface area contributed by atoms with Gasteiger partial charge in [-0.3, -0.25) is 9.78 Å². The number of nitrogens with zero attached hydrogens (tertiary/aromatic N) is 5. The highest BCUT2D eigenvalue weighted by Crippen LogP contribution is 2.22. The first kappa shape index (κ1) is 15.2. The molecule has 0 radical (unpaired) electrons. The lowest BCUT2D eigenvalue weighted by molar-refractivity contribution is -0.113. The third-order valence-electron chi connectivity index (χ3n) is 3.00. The quantitative estimate of drug-likeness (QED) is 0.713. The molecule has 0 aliphatic carbocycles. The third-order valence-corrected chi connectivity index (χ3v) is 4.02. The Labute approximate surface area is 136 Å². The van der Waals surface area contributed by atoms with Crippen molar-refractivity contribution >= 4 is 23.5 Å². The van der Waals surface area contributed by atoms with Crippen molar-refractivity contribution in [3.8, 4) is 11.4 Å².